The van der Waals surface area contributed by atoms with Gasteiger partial charge in [0.05, 0.1) is 14.2 Å². The van der Waals surface area contributed by atoms with E-state index < -0.39 is 0 Å². The average Bonchev–Trinajstić information content (AvgIpc) is 2.45. The van der Waals surface area contributed by atoms with Crippen LogP contribution < -0.4 is 15.0 Å². The lowest BCUT2D eigenvalue weighted by atomic mass is 10.2. The molecule has 0 heterocycles. The zero-order chi connectivity index (χ0) is 17.7. The van der Waals surface area contributed by atoms with Gasteiger partial charge in [0, 0.05) is 25.8 Å². The highest BCUT2D eigenvalue weighted by Gasteiger charge is 2.14. The number of carbonyl (C=O) groups excluding carboxylic acids is 1. The summed E-state index contributed by atoms with van der Waals surface area (Å²) in [5.74, 6) is 0.694. The Bertz CT molecular complexity index is 720. The van der Waals surface area contributed by atoms with Gasteiger partial charge in [0.2, 0.25) is 0 Å². The van der Waals surface area contributed by atoms with Gasteiger partial charge in [-0.25, -0.2) is 0 Å². The van der Waals surface area contributed by atoms with Gasteiger partial charge in [0.1, 0.15) is 12.3 Å². The highest BCUT2D eigenvalue weighted by Crippen LogP contribution is 2.23. The lowest BCUT2D eigenvalue weighted by molar-refractivity contribution is -0.885. The van der Waals surface area contributed by atoms with Crippen LogP contribution in [0.4, 0.5) is 5.69 Å². The van der Waals surface area contributed by atoms with Crippen molar-refractivity contribution in [1.82, 2.24) is 0 Å². The van der Waals surface area contributed by atoms with E-state index in [-0.39, 0.29) is 5.91 Å². The van der Waals surface area contributed by atoms with E-state index in [2.05, 4.69) is 21.2 Å². The second-order valence-electron chi connectivity index (χ2n) is 5.47. The van der Waals surface area contributed by atoms with Crippen LogP contribution in [0.5, 0.6) is 5.75 Å². The number of methoxy groups -OCH3 is 1. The molecule has 2 rings (SSSR count). The van der Waals surface area contributed by atoms with Crippen LogP contribution in [-0.2, 0) is 11.3 Å². The number of nitrogens with one attached hydrogen (secondary N) is 2. The van der Waals surface area contributed by atoms with Gasteiger partial charge >= 0.3 is 0 Å². The first kappa shape index (κ1) is 19.1. The quantitative estimate of drug-likeness (QED) is 0.734. The summed E-state index contributed by atoms with van der Waals surface area (Å²) in [6.07, 6.45) is 0. The van der Waals surface area contributed by atoms with Gasteiger partial charge < -0.3 is 15.0 Å². The van der Waals surface area contributed by atoms with Crippen LogP contribution in [0.15, 0.2) is 40.9 Å². The number of carbonyl (C=O) groups is 1. The molecule has 0 aliphatic rings. The Hall–Kier alpha value is -1.27. The Morgan fingerprint density at radius 3 is 2.50 bits per heavy atom. The van der Waals surface area contributed by atoms with Gasteiger partial charge in [-0.3, -0.25) is 4.79 Å². The number of anilines is 1. The molecule has 1 atom stereocenters. The summed E-state index contributed by atoms with van der Waals surface area (Å²) in [6.45, 7) is 0.964. The predicted octanol–water partition coefficient (Wildman–Crippen LogP) is 3.42. The summed E-state index contributed by atoms with van der Waals surface area (Å²) in [7, 11) is 3.59. The first-order chi connectivity index (χ1) is 11.4. The molecule has 0 bridgehead atoms. The van der Waals surface area contributed by atoms with Crippen molar-refractivity contribution in [3.63, 3.8) is 0 Å². The molecule has 7 heteroatoms. The molecule has 0 aliphatic heterocycles. The van der Waals surface area contributed by atoms with Crippen LogP contribution >= 0.6 is 39.1 Å². The van der Waals surface area contributed by atoms with Gasteiger partial charge in [-0.1, -0.05) is 39.1 Å². The number of likely N-dealkylation sites (N-methyl/N-ethyl adjacent to an activating group) is 1. The van der Waals surface area contributed by atoms with Crippen molar-refractivity contribution in [1.29, 1.82) is 0 Å². The lowest BCUT2D eigenvalue weighted by Gasteiger charge is -2.16. The Kier molecular flexibility index (Phi) is 6.92. The summed E-state index contributed by atoms with van der Waals surface area (Å²) >= 11 is 15.3. The average molecular weight is 433 g/mol. The van der Waals surface area contributed by atoms with Crippen molar-refractivity contribution in [3.05, 3.63) is 56.5 Å². The lowest BCUT2D eigenvalue weighted by Crippen LogP contribution is -3.08. The highest BCUT2D eigenvalue weighted by molar-refractivity contribution is 9.10. The number of hydrogen-bond donors (Lipinski definition) is 2. The maximum absolute atomic E-state index is 12.2. The van der Waals surface area contributed by atoms with E-state index in [0.717, 1.165) is 20.7 Å². The minimum absolute atomic E-state index is 0.111. The third kappa shape index (κ3) is 5.67. The van der Waals surface area contributed by atoms with Gasteiger partial charge in [0.25, 0.3) is 5.91 Å². The molecule has 0 aliphatic carbocycles. The van der Waals surface area contributed by atoms with Crippen molar-refractivity contribution in [2.75, 3.05) is 26.0 Å². The number of halogens is 3. The molecule has 0 radical (unpaired) electrons. The largest absolute Gasteiger partial charge is 0.496 e. The minimum atomic E-state index is -0.111. The van der Waals surface area contributed by atoms with Crippen molar-refractivity contribution in [3.8, 4) is 5.75 Å². The molecule has 24 heavy (non-hydrogen) atoms. The third-order valence-electron chi connectivity index (χ3n) is 3.34. The van der Waals surface area contributed by atoms with E-state index in [4.69, 9.17) is 27.9 Å². The summed E-state index contributed by atoms with van der Waals surface area (Å²) in [6, 6.07) is 10.8. The SMILES string of the molecule is COc1ccc(Br)cc1C[NH+](C)CC(=O)Nc1cc(Cl)cc(Cl)c1. The molecule has 2 N–H and O–H groups in total. The molecule has 1 amide bonds. The molecule has 0 aromatic heterocycles. The van der Waals surface area contributed by atoms with Crippen LogP contribution in [0.25, 0.3) is 0 Å². The first-order valence-electron chi connectivity index (χ1n) is 7.27. The van der Waals surface area contributed by atoms with Gasteiger partial charge in [-0.2, -0.15) is 0 Å². The monoisotopic (exact) mass is 431 g/mol. The molecular formula is C17H18BrCl2N2O2+. The second-order valence-corrected chi connectivity index (χ2v) is 7.26. The smallest absolute Gasteiger partial charge is 0.279 e. The van der Waals surface area contributed by atoms with E-state index >= 15 is 0 Å². The van der Waals surface area contributed by atoms with Gasteiger partial charge in [0.15, 0.2) is 6.54 Å². The fourth-order valence-corrected chi connectivity index (χ4v) is 3.31. The topological polar surface area (TPSA) is 42.8 Å². The Balaban J connectivity index is 1.98. The summed E-state index contributed by atoms with van der Waals surface area (Å²) < 4.78 is 6.34. The van der Waals surface area contributed by atoms with Crippen LogP contribution in [0.2, 0.25) is 10.0 Å². The maximum Gasteiger partial charge on any atom is 0.279 e. The molecule has 2 aromatic carbocycles. The molecule has 4 nitrogen and oxygen atoms in total. The number of amides is 1. The zero-order valence-corrected chi connectivity index (χ0v) is 16.4. The molecule has 128 valence electrons. The standard InChI is InChI=1S/C17H17BrCl2N2O2/c1-22(9-11-5-12(18)3-4-16(11)24-2)10-17(23)21-15-7-13(19)6-14(20)8-15/h3-8H,9-10H2,1-2H3,(H,21,23)/p+1. The number of rotatable bonds is 6. The maximum atomic E-state index is 12.2. The Labute approximate surface area is 159 Å². The molecule has 0 saturated heterocycles. The number of benzene rings is 2. The Morgan fingerprint density at radius 1 is 1.21 bits per heavy atom. The molecule has 0 saturated carbocycles. The molecule has 2 aromatic rings. The van der Waals surface area contributed by atoms with Crippen LogP contribution in [0.1, 0.15) is 5.56 Å². The van der Waals surface area contributed by atoms with Gasteiger partial charge in [-0.05, 0) is 36.4 Å². The number of hydrogen-bond acceptors (Lipinski definition) is 2. The van der Waals surface area contributed by atoms with Crippen molar-refractivity contribution in [2.45, 2.75) is 6.54 Å². The number of quaternary nitrogens is 1. The summed E-state index contributed by atoms with van der Waals surface area (Å²) in [5.41, 5.74) is 1.62. The van der Waals surface area contributed by atoms with Crippen LogP contribution in [-0.4, -0.2) is 26.6 Å². The van der Waals surface area contributed by atoms with Crippen LogP contribution in [0.3, 0.4) is 0 Å². The van der Waals surface area contributed by atoms with Crippen LogP contribution in [0, 0.1) is 0 Å². The van der Waals surface area contributed by atoms with Crippen molar-refractivity contribution in [2.24, 2.45) is 0 Å². The minimum Gasteiger partial charge on any atom is -0.496 e. The summed E-state index contributed by atoms with van der Waals surface area (Å²) in [5, 5.41) is 3.78. The molecule has 0 fully saturated rings. The summed E-state index contributed by atoms with van der Waals surface area (Å²) in [4.78, 5) is 13.2. The normalized spacial score (nSPS) is 11.9. The van der Waals surface area contributed by atoms with Crippen molar-refractivity contribution < 1.29 is 14.4 Å². The molecular weight excluding hydrogens is 415 g/mol. The first-order valence-corrected chi connectivity index (χ1v) is 8.82. The van der Waals surface area contributed by atoms with E-state index in [9.17, 15) is 4.79 Å². The van der Waals surface area contributed by atoms with E-state index in [1.165, 1.54) is 0 Å². The highest BCUT2D eigenvalue weighted by atomic mass is 79.9. The zero-order valence-electron chi connectivity index (χ0n) is 13.3. The van der Waals surface area contributed by atoms with E-state index in [1.807, 2.05) is 25.2 Å². The number of ether oxygens (including phenoxy) is 1. The Morgan fingerprint density at radius 2 is 1.88 bits per heavy atom. The fraction of sp³-hybridized carbons (Fsp3) is 0.235. The third-order valence-corrected chi connectivity index (χ3v) is 4.27. The predicted molar refractivity (Wildman–Crippen MR) is 101 cm³/mol. The fourth-order valence-electron chi connectivity index (χ4n) is 2.38. The second kappa shape index (κ2) is 8.72. The van der Waals surface area contributed by atoms with E-state index in [1.54, 1.807) is 25.3 Å². The van der Waals surface area contributed by atoms with E-state index in [0.29, 0.717) is 28.8 Å². The molecule has 0 spiro atoms. The van der Waals surface area contributed by atoms with Gasteiger partial charge in [-0.15, -0.1) is 0 Å². The molecule has 1 unspecified atom stereocenters. The van der Waals surface area contributed by atoms with Crippen molar-refractivity contribution >= 4 is 50.7 Å².